The Balaban J connectivity index is 2.14. The molecule has 0 aromatic carbocycles. The highest BCUT2D eigenvalue weighted by atomic mass is 32.1. The van der Waals surface area contributed by atoms with Gasteiger partial charge in [-0.3, -0.25) is 9.59 Å². The topological polar surface area (TPSA) is 84.2 Å². The van der Waals surface area contributed by atoms with E-state index in [-0.39, 0.29) is 36.6 Å². The van der Waals surface area contributed by atoms with Gasteiger partial charge < -0.3 is 10.4 Å². The van der Waals surface area contributed by atoms with Gasteiger partial charge in [0.05, 0.1) is 17.5 Å². The van der Waals surface area contributed by atoms with Crippen LogP contribution >= 0.6 is 11.3 Å². The van der Waals surface area contributed by atoms with Crippen LogP contribution in [0.2, 0.25) is 0 Å². The van der Waals surface area contributed by atoms with Gasteiger partial charge in [0, 0.05) is 6.07 Å². The summed E-state index contributed by atoms with van der Waals surface area (Å²) in [6.45, 7) is 3.51. The molecule has 7 heteroatoms. The van der Waals surface area contributed by atoms with Gasteiger partial charge in [0.15, 0.2) is 0 Å². The zero-order valence-electron chi connectivity index (χ0n) is 12.5. The zero-order chi connectivity index (χ0) is 16.1. The summed E-state index contributed by atoms with van der Waals surface area (Å²) < 4.78 is 1.14. The first-order valence-corrected chi connectivity index (χ1v) is 7.91. The molecule has 1 atom stereocenters. The van der Waals surface area contributed by atoms with Crippen molar-refractivity contribution < 1.29 is 9.90 Å². The van der Waals surface area contributed by atoms with Crippen LogP contribution in [0.1, 0.15) is 13.8 Å². The molecule has 0 spiro atoms. The van der Waals surface area contributed by atoms with Crippen molar-refractivity contribution in [3.63, 3.8) is 0 Å². The number of aliphatic hydroxyl groups excluding tert-OH is 1. The van der Waals surface area contributed by atoms with Gasteiger partial charge in [-0.1, -0.05) is 19.9 Å². The van der Waals surface area contributed by atoms with E-state index in [1.54, 1.807) is 6.07 Å². The number of carbonyl (C=O) groups is 1. The fourth-order valence-corrected chi connectivity index (χ4v) is 2.62. The summed E-state index contributed by atoms with van der Waals surface area (Å²) in [7, 11) is 0. The average molecular weight is 321 g/mol. The van der Waals surface area contributed by atoms with Crippen molar-refractivity contribution in [3.05, 3.63) is 40.0 Å². The predicted molar refractivity (Wildman–Crippen MR) is 85.7 cm³/mol. The molecular weight excluding hydrogens is 302 g/mol. The normalized spacial score (nSPS) is 12.4. The van der Waals surface area contributed by atoms with Crippen LogP contribution < -0.4 is 10.9 Å². The van der Waals surface area contributed by atoms with E-state index in [4.69, 9.17) is 0 Å². The molecule has 2 aromatic rings. The highest BCUT2D eigenvalue weighted by Crippen LogP contribution is 2.20. The number of nitrogens with zero attached hydrogens (tertiary/aromatic N) is 2. The highest BCUT2D eigenvalue weighted by molar-refractivity contribution is 7.13. The van der Waals surface area contributed by atoms with Crippen molar-refractivity contribution in [2.45, 2.75) is 26.4 Å². The Kier molecular flexibility index (Phi) is 5.46. The molecule has 2 N–H and O–H groups in total. The number of hydrogen-bond donors (Lipinski definition) is 2. The summed E-state index contributed by atoms with van der Waals surface area (Å²) in [6.07, 6.45) is 0. The van der Waals surface area contributed by atoms with Crippen LogP contribution in [0.15, 0.2) is 34.4 Å². The number of thiophene rings is 1. The highest BCUT2D eigenvalue weighted by Gasteiger charge is 2.16. The second kappa shape index (κ2) is 7.33. The van der Waals surface area contributed by atoms with E-state index in [1.165, 1.54) is 17.4 Å². The van der Waals surface area contributed by atoms with Gasteiger partial charge in [-0.05, 0) is 23.4 Å². The van der Waals surface area contributed by atoms with Crippen LogP contribution in [0, 0.1) is 5.92 Å². The monoisotopic (exact) mass is 321 g/mol. The second-order valence-corrected chi connectivity index (χ2v) is 6.24. The Hall–Kier alpha value is -1.99. The molecule has 0 bridgehead atoms. The summed E-state index contributed by atoms with van der Waals surface area (Å²) >= 11 is 1.52. The van der Waals surface area contributed by atoms with E-state index >= 15 is 0 Å². The quantitative estimate of drug-likeness (QED) is 0.834. The van der Waals surface area contributed by atoms with E-state index in [9.17, 15) is 14.7 Å². The number of hydrogen-bond acceptors (Lipinski definition) is 5. The van der Waals surface area contributed by atoms with Gasteiger partial charge in [0.2, 0.25) is 5.91 Å². The minimum atomic E-state index is -0.342. The van der Waals surface area contributed by atoms with Crippen LogP contribution in [0.4, 0.5) is 0 Å². The number of nitrogens with one attached hydrogen (secondary N) is 1. The molecule has 0 fully saturated rings. The molecule has 0 aliphatic rings. The van der Waals surface area contributed by atoms with Gasteiger partial charge in [0.1, 0.15) is 12.2 Å². The first-order chi connectivity index (χ1) is 10.5. The Morgan fingerprint density at radius 2 is 2.18 bits per heavy atom. The molecule has 2 heterocycles. The molecule has 0 radical (unpaired) electrons. The zero-order valence-corrected chi connectivity index (χ0v) is 13.3. The molecule has 0 aliphatic carbocycles. The van der Waals surface area contributed by atoms with Gasteiger partial charge >= 0.3 is 0 Å². The third-order valence-electron chi connectivity index (χ3n) is 3.28. The largest absolute Gasteiger partial charge is 0.394 e. The Morgan fingerprint density at radius 1 is 1.41 bits per heavy atom. The summed E-state index contributed by atoms with van der Waals surface area (Å²) in [5, 5.41) is 18.1. The Bertz CT molecular complexity index is 680. The molecule has 0 unspecified atom stereocenters. The molecule has 22 heavy (non-hydrogen) atoms. The lowest BCUT2D eigenvalue weighted by Gasteiger charge is -2.19. The van der Waals surface area contributed by atoms with Crippen LogP contribution in [0.5, 0.6) is 0 Å². The molecule has 0 aliphatic heterocycles. The van der Waals surface area contributed by atoms with Crippen LogP contribution in [0.3, 0.4) is 0 Å². The smallest absolute Gasteiger partial charge is 0.267 e. The van der Waals surface area contributed by atoms with Crippen LogP contribution in [-0.2, 0) is 11.3 Å². The average Bonchev–Trinajstić information content (AvgIpc) is 3.01. The van der Waals surface area contributed by atoms with Crippen molar-refractivity contribution in [2.75, 3.05) is 6.61 Å². The first kappa shape index (κ1) is 16.4. The van der Waals surface area contributed by atoms with Gasteiger partial charge in [-0.2, -0.15) is 5.10 Å². The van der Waals surface area contributed by atoms with Crippen LogP contribution in [-0.4, -0.2) is 33.4 Å². The molecule has 0 saturated carbocycles. The lowest BCUT2D eigenvalue weighted by Crippen LogP contribution is -2.44. The molecular formula is C15H19N3O3S. The fourth-order valence-electron chi connectivity index (χ4n) is 1.93. The number of carbonyl (C=O) groups excluding carboxylic acids is 1. The van der Waals surface area contributed by atoms with E-state index in [0.29, 0.717) is 5.69 Å². The lowest BCUT2D eigenvalue weighted by molar-refractivity contribution is -0.123. The Morgan fingerprint density at radius 3 is 2.77 bits per heavy atom. The number of amides is 1. The number of aliphatic hydroxyl groups is 1. The third kappa shape index (κ3) is 4.02. The van der Waals surface area contributed by atoms with Crippen molar-refractivity contribution in [1.29, 1.82) is 0 Å². The Labute approximate surface area is 132 Å². The van der Waals surface area contributed by atoms with E-state index in [0.717, 1.165) is 9.56 Å². The summed E-state index contributed by atoms with van der Waals surface area (Å²) in [4.78, 5) is 24.8. The minimum absolute atomic E-state index is 0.107. The van der Waals surface area contributed by atoms with Crippen molar-refractivity contribution in [2.24, 2.45) is 5.92 Å². The van der Waals surface area contributed by atoms with Crippen LogP contribution in [0.25, 0.3) is 10.6 Å². The molecule has 2 rings (SSSR count). The SMILES string of the molecule is CC(C)[C@@H](CO)NC(=O)Cn1nc(-c2cccs2)ccc1=O. The van der Waals surface area contributed by atoms with E-state index in [1.807, 2.05) is 31.4 Å². The molecule has 6 nitrogen and oxygen atoms in total. The van der Waals surface area contributed by atoms with Gasteiger partial charge in [0.25, 0.3) is 5.56 Å². The number of aromatic nitrogens is 2. The fraction of sp³-hybridized carbons (Fsp3) is 0.400. The molecule has 0 saturated heterocycles. The maximum Gasteiger partial charge on any atom is 0.267 e. The van der Waals surface area contributed by atoms with Crippen molar-refractivity contribution in [3.8, 4) is 10.6 Å². The van der Waals surface area contributed by atoms with Gasteiger partial charge in [-0.15, -0.1) is 11.3 Å². The van der Waals surface area contributed by atoms with E-state index in [2.05, 4.69) is 10.4 Å². The second-order valence-electron chi connectivity index (χ2n) is 5.29. The third-order valence-corrected chi connectivity index (χ3v) is 4.17. The summed E-state index contributed by atoms with van der Waals surface area (Å²) in [6, 6.07) is 6.53. The summed E-state index contributed by atoms with van der Waals surface area (Å²) in [5.41, 5.74) is 0.325. The maximum atomic E-state index is 12.0. The van der Waals surface area contributed by atoms with Crippen molar-refractivity contribution >= 4 is 17.2 Å². The molecule has 118 valence electrons. The van der Waals surface area contributed by atoms with Crippen molar-refractivity contribution in [1.82, 2.24) is 15.1 Å². The minimum Gasteiger partial charge on any atom is -0.394 e. The predicted octanol–water partition coefficient (Wildman–Crippen LogP) is 1.10. The van der Waals surface area contributed by atoms with Gasteiger partial charge in [-0.25, -0.2) is 4.68 Å². The maximum absolute atomic E-state index is 12.0. The molecule has 2 aromatic heterocycles. The standard InChI is InChI=1S/C15H19N3O3S/c1-10(2)12(9-19)16-14(20)8-18-15(21)6-5-11(17-18)13-4-3-7-22-13/h3-7,10,12,19H,8-9H2,1-2H3,(H,16,20)/t12-/m1/s1. The lowest BCUT2D eigenvalue weighted by atomic mass is 10.1. The summed E-state index contributed by atoms with van der Waals surface area (Å²) in [5.74, 6) is -0.234. The number of rotatable bonds is 6. The first-order valence-electron chi connectivity index (χ1n) is 7.03. The molecule has 1 amide bonds. The van der Waals surface area contributed by atoms with E-state index < -0.39 is 0 Å².